The molecule has 0 saturated heterocycles. The second-order valence-electron chi connectivity index (χ2n) is 7.44. The molecule has 0 radical (unpaired) electrons. The van der Waals surface area contributed by atoms with Crippen LogP contribution in [0.15, 0.2) is 83.4 Å². The number of nitrogens with one attached hydrogen (secondary N) is 1. The minimum Gasteiger partial charge on any atom is -0.513 e. The average molecular weight is 484 g/mol. The van der Waals surface area contributed by atoms with E-state index >= 15 is 0 Å². The van der Waals surface area contributed by atoms with E-state index in [0.717, 1.165) is 25.1 Å². The van der Waals surface area contributed by atoms with Crippen LogP contribution in [-0.2, 0) is 14.3 Å². The van der Waals surface area contributed by atoms with Crippen LogP contribution >= 0.6 is 0 Å². The first kappa shape index (κ1) is 29.4. The number of hydrogen-bond acceptors (Lipinski definition) is 7. The number of ether oxygens (including phenoxy) is 2. The number of esters is 1. The summed E-state index contributed by atoms with van der Waals surface area (Å²) >= 11 is 0. The number of aliphatic imine (C=N–C) groups is 1. The fourth-order valence-corrected chi connectivity index (χ4v) is 3.10. The third kappa shape index (κ3) is 10.9. The fraction of sp³-hybridized carbons (Fsp3) is 0.370. The summed E-state index contributed by atoms with van der Waals surface area (Å²) in [5.74, 6) is -0.0674. The Morgan fingerprint density at radius 2 is 1.91 bits per heavy atom. The molecule has 2 N–H and O–H groups in total. The van der Waals surface area contributed by atoms with Gasteiger partial charge in [-0.3, -0.25) is 14.5 Å². The number of carbonyl (C=O) groups is 2. The normalized spacial score (nSPS) is 12.9. The van der Waals surface area contributed by atoms with Gasteiger partial charge in [-0.2, -0.15) is 0 Å². The molecule has 1 amide bonds. The number of methoxy groups -OCH3 is 1. The number of para-hydroxylation sites is 1. The van der Waals surface area contributed by atoms with Gasteiger partial charge in [0.05, 0.1) is 12.8 Å². The van der Waals surface area contributed by atoms with Crippen LogP contribution < -0.4 is 10.1 Å². The van der Waals surface area contributed by atoms with E-state index in [1.807, 2.05) is 43.3 Å². The Labute approximate surface area is 208 Å². The van der Waals surface area contributed by atoms with Gasteiger partial charge in [0.25, 0.3) is 5.91 Å². The van der Waals surface area contributed by atoms with Gasteiger partial charge < -0.3 is 19.9 Å². The topological polar surface area (TPSA) is 100 Å². The molecule has 0 atom stereocenters. The van der Waals surface area contributed by atoms with E-state index < -0.39 is 11.9 Å². The number of aliphatic hydroxyl groups excluding tert-OH is 1. The molecule has 190 valence electrons. The van der Waals surface area contributed by atoms with E-state index in [1.54, 1.807) is 12.2 Å². The molecule has 0 aliphatic heterocycles. The molecular formula is C27H37N3O5. The standard InChI is InChI=1S/C27H37N3O5/c1-6-13-23(35-22-14-11-10-12-15-22)17-21(8-3)24(19-30(9-4)16-7-2)29-25(20-31)27(33)28-18-26(32)34-5/h6,10-15,17,20,31H,1,7-9,16,18-19H2,2-5H3,(H,28,33)/b21-17+,23-13+,25-20+,29-24-. The molecule has 1 aromatic rings. The highest BCUT2D eigenvalue weighted by Gasteiger charge is 2.17. The number of allylic oxidation sites excluding steroid dienone is 3. The van der Waals surface area contributed by atoms with Gasteiger partial charge in [0.2, 0.25) is 0 Å². The van der Waals surface area contributed by atoms with E-state index in [0.29, 0.717) is 36.4 Å². The maximum Gasteiger partial charge on any atom is 0.325 e. The van der Waals surface area contributed by atoms with Crippen molar-refractivity contribution in [3.63, 3.8) is 0 Å². The lowest BCUT2D eigenvalue weighted by atomic mass is 10.1. The predicted molar refractivity (Wildman–Crippen MR) is 139 cm³/mol. The Hall–Kier alpha value is -3.65. The van der Waals surface area contributed by atoms with Crippen LogP contribution in [0.25, 0.3) is 0 Å². The molecule has 35 heavy (non-hydrogen) atoms. The smallest absolute Gasteiger partial charge is 0.325 e. The number of carbonyl (C=O) groups excluding carboxylic acids is 2. The summed E-state index contributed by atoms with van der Waals surface area (Å²) in [4.78, 5) is 30.6. The van der Waals surface area contributed by atoms with Gasteiger partial charge in [-0.25, -0.2) is 4.99 Å². The van der Waals surface area contributed by atoms with Crippen LogP contribution in [0.4, 0.5) is 0 Å². The number of benzene rings is 1. The van der Waals surface area contributed by atoms with Crippen LogP contribution in [0.3, 0.4) is 0 Å². The molecule has 0 unspecified atom stereocenters. The summed E-state index contributed by atoms with van der Waals surface area (Å²) in [5.41, 5.74) is 1.21. The summed E-state index contributed by atoms with van der Waals surface area (Å²) in [5, 5.41) is 12.2. The molecule has 0 aromatic heterocycles. The van der Waals surface area contributed by atoms with Crippen molar-refractivity contribution in [2.45, 2.75) is 33.6 Å². The molecule has 0 bridgehead atoms. The number of nitrogens with zero attached hydrogens (tertiary/aromatic N) is 2. The SMILES string of the molecule is C=C\C=C(/C=C(CC)/C(CN(CC)CCC)=N\C(=C\O)C(=O)NCC(=O)OC)Oc1ccccc1. The summed E-state index contributed by atoms with van der Waals surface area (Å²) < 4.78 is 10.6. The first-order valence-corrected chi connectivity index (χ1v) is 11.7. The van der Waals surface area contributed by atoms with E-state index in [1.165, 1.54) is 7.11 Å². The maximum absolute atomic E-state index is 12.6. The highest BCUT2D eigenvalue weighted by atomic mass is 16.5. The van der Waals surface area contributed by atoms with E-state index in [9.17, 15) is 14.7 Å². The second kappa shape index (κ2) is 16.9. The van der Waals surface area contributed by atoms with E-state index in [-0.39, 0.29) is 12.2 Å². The number of aliphatic hydroxyl groups is 1. The third-order valence-electron chi connectivity index (χ3n) is 4.92. The molecule has 8 heteroatoms. The Morgan fingerprint density at radius 1 is 1.20 bits per heavy atom. The summed E-state index contributed by atoms with van der Waals surface area (Å²) in [6.07, 6.45) is 7.42. The second-order valence-corrected chi connectivity index (χ2v) is 7.44. The molecular weight excluding hydrogens is 446 g/mol. The fourth-order valence-electron chi connectivity index (χ4n) is 3.10. The van der Waals surface area contributed by atoms with Crippen molar-refractivity contribution in [1.82, 2.24) is 10.2 Å². The zero-order valence-corrected chi connectivity index (χ0v) is 21.1. The molecule has 0 saturated carbocycles. The quantitative estimate of drug-likeness (QED) is 0.127. The minimum atomic E-state index is -0.688. The van der Waals surface area contributed by atoms with Gasteiger partial charge in [-0.05, 0) is 55.8 Å². The van der Waals surface area contributed by atoms with Crippen molar-refractivity contribution < 1.29 is 24.2 Å². The van der Waals surface area contributed by atoms with Crippen molar-refractivity contribution in [1.29, 1.82) is 0 Å². The van der Waals surface area contributed by atoms with Crippen molar-refractivity contribution in [3.8, 4) is 5.75 Å². The molecule has 0 fully saturated rings. The summed E-state index contributed by atoms with van der Waals surface area (Å²) in [6.45, 7) is 11.6. The lowest BCUT2D eigenvalue weighted by Crippen LogP contribution is -2.33. The van der Waals surface area contributed by atoms with E-state index in [4.69, 9.17) is 4.74 Å². The lowest BCUT2D eigenvalue weighted by Gasteiger charge is -2.22. The number of amides is 1. The molecule has 1 rings (SSSR count). The van der Waals surface area contributed by atoms with Crippen LogP contribution in [0.1, 0.15) is 33.6 Å². The van der Waals surface area contributed by atoms with Gasteiger partial charge in [-0.1, -0.05) is 51.6 Å². The molecule has 8 nitrogen and oxygen atoms in total. The summed E-state index contributed by atoms with van der Waals surface area (Å²) in [6, 6.07) is 9.37. The first-order valence-electron chi connectivity index (χ1n) is 11.7. The average Bonchev–Trinajstić information content (AvgIpc) is 2.88. The van der Waals surface area contributed by atoms with Gasteiger partial charge in [0.1, 0.15) is 24.3 Å². The van der Waals surface area contributed by atoms with Gasteiger partial charge in [0, 0.05) is 6.54 Å². The largest absolute Gasteiger partial charge is 0.513 e. The van der Waals surface area contributed by atoms with Crippen molar-refractivity contribution in [3.05, 3.63) is 78.4 Å². The third-order valence-corrected chi connectivity index (χ3v) is 4.92. The van der Waals surface area contributed by atoms with Crippen molar-refractivity contribution in [2.75, 3.05) is 33.3 Å². The zero-order valence-electron chi connectivity index (χ0n) is 21.1. The molecule has 0 spiro atoms. The summed E-state index contributed by atoms with van der Waals surface area (Å²) in [7, 11) is 1.23. The molecule has 0 aliphatic rings. The van der Waals surface area contributed by atoms with Gasteiger partial charge in [-0.15, -0.1) is 0 Å². The van der Waals surface area contributed by atoms with Gasteiger partial charge in [0.15, 0.2) is 5.70 Å². The Balaban J connectivity index is 3.41. The predicted octanol–water partition coefficient (Wildman–Crippen LogP) is 4.33. The molecule has 1 aromatic carbocycles. The van der Waals surface area contributed by atoms with Crippen LogP contribution in [0.2, 0.25) is 0 Å². The first-order chi connectivity index (χ1) is 16.9. The van der Waals surface area contributed by atoms with Crippen molar-refractivity contribution >= 4 is 17.6 Å². The van der Waals surface area contributed by atoms with Crippen LogP contribution in [-0.4, -0.2) is 60.9 Å². The number of rotatable bonds is 15. The Bertz CT molecular complexity index is 949. The Morgan fingerprint density at radius 3 is 2.46 bits per heavy atom. The zero-order chi connectivity index (χ0) is 26.1. The van der Waals surface area contributed by atoms with Crippen molar-refractivity contribution in [2.24, 2.45) is 4.99 Å². The molecule has 0 heterocycles. The Kier molecular flexibility index (Phi) is 14.2. The highest BCUT2D eigenvalue weighted by molar-refractivity contribution is 6.06. The monoisotopic (exact) mass is 483 g/mol. The molecule has 0 aliphatic carbocycles. The lowest BCUT2D eigenvalue weighted by molar-refractivity contribution is -0.140. The van der Waals surface area contributed by atoms with Crippen LogP contribution in [0, 0.1) is 0 Å². The number of hydrogen-bond donors (Lipinski definition) is 2. The van der Waals surface area contributed by atoms with Crippen LogP contribution in [0.5, 0.6) is 5.75 Å². The maximum atomic E-state index is 12.6. The van der Waals surface area contributed by atoms with E-state index in [2.05, 4.69) is 40.4 Å². The highest BCUT2D eigenvalue weighted by Crippen LogP contribution is 2.18. The van der Waals surface area contributed by atoms with Gasteiger partial charge >= 0.3 is 5.97 Å². The minimum absolute atomic E-state index is 0.214.